The van der Waals surface area contributed by atoms with Gasteiger partial charge in [0.1, 0.15) is 40.6 Å². The summed E-state index contributed by atoms with van der Waals surface area (Å²) in [6.45, 7) is 3.26. The van der Waals surface area contributed by atoms with Gasteiger partial charge in [-0.15, -0.1) is 0 Å². The van der Waals surface area contributed by atoms with Gasteiger partial charge in [0.2, 0.25) is 5.43 Å². The highest BCUT2D eigenvalue weighted by Crippen LogP contribution is 2.42. The zero-order chi connectivity index (χ0) is 18.6. The second-order valence-electron chi connectivity index (χ2n) is 7.06. The molecule has 2 aromatic carbocycles. The highest BCUT2D eigenvalue weighted by molar-refractivity contribution is 5.90. The highest BCUT2D eigenvalue weighted by atomic mass is 16.5. The van der Waals surface area contributed by atoms with Crippen molar-refractivity contribution in [1.29, 1.82) is 0 Å². The lowest BCUT2D eigenvalue weighted by atomic mass is 9.95. The second-order valence-corrected chi connectivity index (χ2v) is 7.06. The van der Waals surface area contributed by atoms with Gasteiger partial charge in [0.05, 0.1) is 11.2 Å². The Kier molecular flexibility index (Phi) is 3.49. The van der Waals surface area contributed by atoms with Crippen LogP contribution in [0.2, 0.25) is 0 Å². The first-order valence-electron chi connectivity index (χ1n) is 8.24. The first kappa shape index (κ1) is 16.5. The third-order valence-electron chi connectivity index (χ3n) is 4.73. The maximum absolute atomic E-state index is 12.9. The first-order chi connectivity index (χ1) is 12.3. The van der Waals surface area contributed by atoms with Crippen LogP contribution in [0.15, 0.2) is 45.8 Å². The number of ether oxygens (including phenoxy) is 1. The van der Waals surface area contributed by atoms with Gasteiger partial charge in [-0.05, 0) is 31.5 Å². The van der Waals surface area contributed by atoms with Gasteiger partial charge >= 0.3 is 0 Å². The minimum absolute atomic E-state index is 0.0781. The van der Waals surface area contributed by atoms with Crippen LogP contribution in [-0.2, 0) is 6.42 Å². The molecule has 1 atom stereocenters. The van der Waals surface area contributed by atoms with E-state index in [0.717, 1.165) is 0 Å². The largest absolute Gasteiger partial charge is 0.508 e. The molecule has 2 heterocycles. The summed E-state index contributed by atoms with van der Waals surface area (Å²) in [6.07, 6.45) is 1.10. The van der Waals surface area contributed by atoms with Crippen LogP contribution in [0.4, 0.5) is 0 Å². The third kappa shape index (κ3) is 2.50. The Labute approximate surface area is 148 Å². The van der Waals surface area contributed by atoms with Gasteiger partial charge in [0, 0.05) is 18.1 Å². The number of phenolic OH excluding ortho intramolecular Hbond substituents is 2. The van der Waals surface area contributed by atoms with Crippen LogP contribution >= 0.6 is 0 Å². The summed E-state index contributed by atoms with van der Waals surface area (Å²) in [6, 6.07) is 7.72. The first-order valence-corrected chi connectivity index (χ1v) is 8.24. The number of hydrogen-bond donors (Lipinski definition) is 3. The van der Waals surface area contributed by atoms with Gasteiger partial charge in [0.25, 0.3) is 0 Å². The van der Waals surface area contributed by atoms with Crippen molar-refractivity contribution >= 4 is 11.0 Å². The van der Waals surface area contributed by atoms with E-state index in [4.69, 9.17) is 9.15 Å². The van der Waals surface area contributed by atoms with E-state index in [1.165, 1.54) is 18.4 Å². The molecule has 26 heavy (non-hydrogen) atoms. The zero-order valence-corrected chi connectivity index (χ0v) is 14.3. The van der Waals surface area contributed by atoms with Gasteiger partial charge < -0.3 is 24.5 Å². The second kappa shape index (κ2) is 5.51. The molecule has 3 aromatic rings. The summed E-state index contributed by atoms with van der Waals surface area (Å²) in [5.74, 6) is 0.315. The SMILES string of the molecule is CC(C)(O)[C@H]1Cc2c(cc3occ(-c4ccc(O)cc4)c(=O)c3c2O)O1. The molecule has 3 N–H and O–H groups in total. The predicted octanol–water partition coefficient (Wildman–Crippen LogP) is 2.95. The van der Waals surface area contributed by atoms with Crippen molar-refractivity contribution < 1.29 is 24.5 Å². The van der Waals surface area contributed by atoms with E-state index in [0.29, 0.717) is 23.3 Å². The Morgan fingerprint density at radius 2 is 1.85 bits per heavy atom. The van der Waals surface area contributed by atoms with Crippen LogP contribution in [0.1, 0.15) is 19.4 Å². The average Bonchev–Trinajstić information content (AvgIpc) is 3.01. The smallest absolute Gasteiger partial charge is 0.204 e. The molecule has 0 unspecified atom stereocenters. The lowest BCUT2D eigenvalue weighted by Crippen LogP contribution is -2.39. The topological polar surface area (TPSA) is 100 Å². The molecule has 1 aliphatic heterocycles. The van der Waals surface area contributed by atoms with E-state index in [-0.39, 0.29) is 33.5 Å². The summed E-state index contributed by atoms with van der Waals surface area (Å²) in [5.41, 5.74) is 0.0929. The van der Waals surface area contributed by atoms with Crippen molar-refractivity contribution in [3.05, 3.63) is 52.4 Å². The molecule has 4 rings (SSSR count). The summed E-state index contributed by atoms with van der Waals surface area (Å²) < 4.78 is 11.3. The van der Waals surface area contributed by atoms with Gasteiger partial charge in [-0.2, -0.15) is 0 Å². The van der Waals surface area contributed by atoms with Crippen molar-refractivity contribution in [2.75, 3.05) is 0 Å². The fraction of sp³-hybridized carbons (Fsp3) is 0.250. The summed E-state index contributed by atoms with van der Waals surface area (Å²) in [5, 5.41) is 30.4. The van der Waals surface area contributed by atoms with E-state index in [1.54, 1.807) is 32.0 Å². The number of hydrogen-bond acceptors (Lipinski definition) is 6. The summed E-state index contributed by atoms with van der Waals surface area (Å²) in [7, 11) is 0. The van der Waals surface area contributed by atoms with Gasteiger partial charge in [-0.3, -0.25) is 4.79 Å². The molecule has 0 saturated carbocycles. The molecule has 1 aromatic heterocycles. The van der Waals surface area contributed by atoms with Crippen molar-refractivity contribution in [3.8, 4) is 28.4 Å². The molecule has 6 nitrogen and oxygen atoms in total. The third-order valence-corrected chi connectivity index (χ3v) is 4.73. The maximum Gasteiger partial charge on any atom is 0.204 e. The zero-order valence-electron chi connectivity index (χ0n) is 14.3. The predicted molar refractivity (Wildman–Crippen MR) is 95.7 cm³/mol. The number of aliphatic hydroxyl groups is 1. The molecule has 6 heteroatoms. The van der Waals surface area contributed by atoms with Gasteiger partial charge in [-0.1, -0.05) is 12.1 Å². The van der Waals surface area contributed by atoms with Crippen LogP contribution in [0.25, 0.3) is 22.1 Å². The van der Waals surface area contributed by atoms with Crippen molar-refractivity contribution in [2.45, 2.75) is 32.0 Å². The molecule has 1 aliphatic rings. The normalized spacial score (nSPS) is 16.5. The molecule has 0 saturated heterocycles. The fourth-order valence-corrected chi connectivity index (χ4v) is 3.20. The minimum Gasteiger partial charge on any atom is -0.508 e. The van der Waals surface area contributed by atoms with Crippen molar-refractivity contribution in [3.63, 3.8) is 0 Å². The molecule has 0 spiro atoms. The lowest BCUT2D eigenvalue weighted by molar-refractivity contribution is -0.0229. The van der Waals surface area contributed by atoms with Crippen LogP contribution in [0.5, 0.6) is 17.2 Å². The Balaban J connectivity index is 1.89. The van der Waals surface area contributed by atoms with Crippen LogP contribution in [0.3, 0.4) is 0 Å². The lowest BCUT2D eigenvalue weighted by Gasteiger charge is -2.24. The Morgan fingerprint density at radius 3 is 2.50 bits per heavy atom. The van der Waals surface area contributed by atoms with Gasteiger partial charge in [0.15, 0.2) is 0 Å². The van der Waals surface area contributed by atoms with Crippen molar-refractivity contribution in [1.82, 2.24) is 0 Å². The number of rotatable bonds is 2. The number of phenols is 2. The van der Waals surface area contributed by atoms with E-state index < -0.39 is 11.7 Å². The molecule has 134 valence electrons. The van der Waals surface area contributed by atoms with Gasteiger partial charge in [-0.25, -0.2) is 0 Å². The number of benzene rings is 2. The highest BCUT2D eigenvalue weighted by Gasteiger charge is 2.37. The van der Waals surface area contributed by atoms with Crippen LogP contribution < -0.4 is 10.2 Å². The number of aromatic hydroxyl groups is 2. The number of fused-ring (bicyclic) bond motifs is 2. The fourth-order valence-electron chi connectivity index (χ4n) is 3.20. The quantitative estimate of drug-likeness (QED) is 0.654. The molecule has 0 radical (unpaired) electrons. The molecule has 0 aliphatic carbocycles. The van der Waals surface area contributed by atoms with E-state index >= 15 is 0 Å². The Bertz CT molecular complexity index is 1060. The standard InChI is InChI=1S/C20H18O6/c1-20(2,24)16-7-12-14(26-16)8-15-17(18(12)22)19(23)13(9-25-15)10-3-5-11(21)6-4-10/h3-6,8-9,16,21-22,24H,7H2,1-2H3/t16-/m1/s1. The van der Waals surface area contributed by atoms with E-state index in [1.807, 2.05) is 0 Å². The monoisotopic (exact) mass is 354 g/mol. The summed E-state index contributed by atoms with van der Waals surface area (Å²) >= 11 is 0. The van der Waals surface area contributed by atoms with Crippen LogP contribution in [0, 0.1) is 0 Å². The molecule has 0 bridgehead atoms. The Morgan fingerprint density at radius 1 is 1.15 bits per heavy atom. The molecular weight excluding hydrogens is 336 g/mol. The maximum atomic E-state index is 12.9. The van der Waals surface area contributed by atoms with Crippen molar-refractivity contribution in [2.24, 2.45) is 0 Å². The Hall–Kier alpha value is -2.99. The molecular formula is C20H18O6. The van der Waals surface area contributed by atoms with E-state index in [9.17, 15) is 20.1 Å². The molecule has 0 fully saturated rings. The minimum atomic E-state index is -1.09. The molecule has 0 amide bonds. The average molecular weight is 354 g/mol. The summed E-state index contributed by atoms with van der Waals surface area (Å²) in [4.78, 5) is 12.9. The van der Waals surface area contributed by atoms with E-state index in [2.05, 4.69) is 0 Å². The van der Waals surface area contributed by atoms with Crippen LogP contribution in [-0.4, -0.2) is 27.0 Å².